The lowest BCUT2D eigenvalue weighted by Crippen LogP contribution is -2.39. The maximum absolute atomic E-state index is 13.7. The van der Waals surface area contributed by atoms with Gasteiger partial charge < -0.3 is 20.5 Å². The average Bonchev–Trinajstić information content (AvgIpc) is 3.20. The molecule has 0 saturated heterocycles. The number of para-hydroxylation sites is 1. The number of aromatic nitrogens is 4. The Morgan fingerprint density at radius 3 is 2.48 bits per heavy atom. The van der Waals surface area contributed by atoms with Crippen LogP contribution in [0.2, 0.25) is 0 Å². The van der Waals surface area contributed by atoms with E-state index in [4.69, 9.17) is 15.2 Å². The second-order valence-electron chi connectivity index (χ2n) is 9.65. The summed E-state index contributed by atoms with van der Waals surface area (Å²) in [5.41, 5.74) is 6.11. The van der Waals surface area contributed by atoms with E-state index in [-0.39, 0.29) is 17.9 Å². The van der Waals surface area contributed by atoms with Gasteiger partial charge in [-0.2, -0.15) is 5.26 Å². The molecular weight excluding hydrogens is 510 g/mol. The van der Waals surface area contributed by atoms with Crippen molar-refractivity contribution in [1.82, 2.24) is 24.4 Å². The molecule has 206 valence electrons. The van der Waals surface area contributed by atoms with E-state index in [2.05, 4.69) is 15.3 Å². The van der Waals surface area contributed by atoms with Crippen LogP contribution in [0.1, 0.15) is 27.7 Å². The van der Waals surface area contributed by atoms with Crippen molar-refractivity contribution in [1.29, 1.82) is 5.26 Å². The van der Waals surface area contributed by atoms with Crippen molar-refractivity contribution in [2.45, 2.75) is 45.9 Å². The lowest BCUT2D eigenvalue weighted by molar-refractivity contribution is -0.117. The normalized spacial score (nSPS) is 12.6. The lowest BCUT2D eigenvalue weighted by atomic mass is 10.0. The molecule has 3 N–H and O–H groups in total. The van der Waals surface area contributed by atoms with Gasteiger partial charge in [-0.15, -0.1) is 0 Å². The second-order valence-corrected chi connectivity index (χ2v) is 9.65. The molecule has 2 aromatic carbocycles. The van der Waals surface area contributed by atoms with Crippen LogP contribution in [-0.2, 0) is 16.1 Å². The summed E-state index contributed by atoms with van der Waals surface area (Å²) in [4.78, 5) is 34.9. The first kappa shape index (κ1) is 28.1. The monoisotopic (exact) mass is 541 g/mol. The summed E-state index contributed by atoms with van der Waals surface area (Å²) in [6, 6.07) is 17.7. The molecule has 11 heteroatoms. The molecule has 0 aliphatic rings. The van der Waals surface area contributed by atoms with Crippen LogP contribution in [0.3, 0.4) is 0 Å². The Hall–Kier alpha value is -4.95. The molecule has 0 aliphatic heterocycles. The number of hydrogen-bond acceptors (Lipinski definition) is 8. The number of nitrogen functional groups attached to an aromatic ring is 1. The smallest absolute Gasteiger partial charge is 0.335 e. The minimum atomic E-state index is -0.791. The van der Waals surface area contributed by atoms with E-state index in [0.29, 0.717) is 35.0 Å². The molecule has 4 rings (SSSR count). The molecule has 1 atom stereocenters. The zero-order chi connectivity index (χ0) is 28.9. The minimum Gasteiger partial charge on any atom is -0.457 e. The van der Waals surface area contributed by atoms with E-state index in [1.54, 1.807) is 45.0 Å². The Labute approximate surface area is 231 Å². The molecule has 0 bridgehead atoms. The van der Waals surface area contributed by atoms with E-state index in [1.165, 1.54) is 21.5 Å². The standard InChI is InChI=1S/C29H31N7O4/c1-5-39-29(3,4)15-20(16-30)27(37)34-19(2)17-35-26-24(25(31)32-18-33-26)36(28(35)38)21-11-13-23(14-12-21)40-22-9-7-6-8-10-22/h6-15,18-19H,5,17H2,1-4H3,(H,34,37)(H2,31,32,33)/t19-/m0/s1. The molecule has 1 amide bonds. The highest BCUT2D eigenvalue weighted by Crippen LogP contribution is 2.25. The zero-order valence-corrected chi connectivity index (χ0v) is 22.8. The van der Waals surface area contributed by atoms with Gasteiger partial charge in [-0.1, -0.05) is 18.2 Å². The van der Waals surface area contributed by atoms with Gasteiger partial charge in [0.2, 0.25) is 0 Å². The van der Waals surface area contributed by atoms with Crippen LogP contribution >= 0.6 is 0 Å². The predicted octanol–water partition coefficient (Wildman–Crippen LogP) is 3.73. The third kappa shape index (κ3) is 6.19. The Kier molecular flexibility index (Phi) is 8.31. The van der Waals surface area contributed by atoms with Crippen molar-refractivity contribution in [2.75, 3.05) is 12.3 Å². The second kappa shape index (κ2) is 11.8. The van der Waals surface area contributed by atoms with Gasteiger partial charge in [-0.3, -0.25) is 13.9 Å². The molecule has 0 unspecified atom stereocenters. The molecule has 0 radical (unpaired) electrons. The van der Waals surface area contributed by atoms with Gasteiger partial charge in [0, 0.05) is 19.2 Å². The van der Waals surface area contributed by atoms with Crippen LogP contribution < -0.4 is 21.5 Å². The van der Waals surface area contributed by atoms with Crippen LogP contribution in [0, 0.1) is 11.3 Å². The third-order valence-corrected chi connectivity index (χ3v) is 6.01. The number of carbonyl (C=O) groups excluding carboxylic acids is 1. The Balaban J connectivity index is 1.62. The van der Waals surface area contributed by atoms with Crippen LogP contribution in [0.25, 0.3) is 16.9 Å². The molecule has 11 nitrogen and oxygen atoms in total. The Morgan fingerprint density at radius 2 is 1.82 bits per heavy atom. The van der Waals surface area contributed by atoms with Gasteiger partial charge >= 0.3 is 5.69 Å². The highest BCUT2D eigenvalue weighted by atomic mass is 16.5. The van der Waals surface area contributed by atoms with Crippen molar-refractivity contribution < 1.29 is 14.3 Å². The molecule has 4 aromatic rings. The molecule has 2 aromatic heterocycles. The topological polar surface area (TPSA) is 150 Å². The molecule has 2 heterocycles. The van der Waals surface area contributed by atoms with Crippen molar-refractivity contribution in [3.8, 4) is 23.3 Å². The number of nitrogens with two attached hydrogens (primary N) is 1. The largest absolute Gasteiger partial charge is 0.457 e. The van der Waals surface area contributed by atoms with Gasteiger partial charge in [-0.05, 0) is 70.2 Å². The van der Waals surface area contributed by atoms with Crippen LogP contribution in [-0.4, -0.2) is 43.3 Å². The lowest BCUT2D eigenvalue weighted by Gasteiger charge is -2.21. The highest BCUT2D eigenvalue weighted by molar-refractivity contribution is 5.97. The van der Waals surface area contributed by atoms with Gasteiger partial charge in [0.05, 0.1) is 11.3 Å². The molecular formula is C29H31N7O4. The number of amides is 1. The quantitative estimate of drug-likeness (QED) is 0.228. The van der Waals surface area contributed by atoms with Crippen LogP contribution in [0.4, 0.5) is 5.82 Å². The van der Waals surface area contributed by atoms with Gasteiger partial charge in [-0.25, -0.2) is 14.8 Å². The first-order valence-electron chi connectivity index (χ1n) is 12.8. The summed E-state index contributed by atoms with van der Waals surface area (Å²) in [5.74, 6) is 0.854. The number of imidazole rings is 1. The fourth-order valence-corrected chi connectivity index (χ4v) is 4.32. The summed E-state index contributed by atoms with van der Waals surface area (Å²) in [5, 5.41) is 12.3. The number of rotatable bonds is 10. The molecule has 0 saturated carbocycles. The number of fused-ring (bicyclic) bond motifs is 1. The Morgan fingerprint density at radius 1 is 1.15 bits per heavy atom. The van der Waals surface area contributed by atoms with Gasteiger partial charge in [0.1, 0.15) is 35.0 Å². The van der Waals surface area contributed by atoms with Gasteiger partial charge in [0.25, 0.3) is 5.91 Å². The summed E-state index contributed by atoms with van der Waals surface area (Å²) < 4.78 is 14.3. The zero-order valence-electron chi connectivity index (χ0n) is 22.8. The van der Waals surface area contributed by atoms with E-state index in [0.717, 1.165) is 0 Å². The number of nitrogens with one attached hydrogen (secondary N) is 1. The first-order valence-corrected chi connectivity index (χ1v) is 12.8. The third-order valence-electron chi connectivity index (χ3n) is 6.01. The molecule has 0 aliphatic carbocycles. The molecule has 0 fully saturated rings. The summed E-state index contributed by atoms with van der Waals surface area (Å²) >= 11 is 0. The number of carbonyl (C=O) groups is 1. The van der Waals surface area contributed by atoms with E-state index in [1.807, 2.05) is 43.3 Å². The number of benzene rings is 2. The number of ether oxygens (including phenoxy) is 2. The predicted molar refractivity (Wildman–Crippen MR) is 151 cm³/mol. The van der Waals surface area contributed by atoms with Crippen molar-refractivity contribution >= 4 is 22.9 Å². The average molecular weight is 542 g/mol. The maximum Gasteiger partial charge on any atom is 0.335 e. The number of hydrogen-bond donors (Lipinski definition) is 2. The van der Waals surface area contributed by atoms with E-state index in [9.17, 15) is 14.9 Å². The number of nitriles is 1. The van der Waals surface area contributed by atoms with Crippen molar-refractivity contribution in [3.05, 3.63) is 83.1 Å². The van der Waals surface area contributed by atoms with Crippen LogP contribution in [0.15, 0.2) is 77.4 Å². The van der Waals surface area contributed by atoms with Crippen molar-refractivity contribution in [2.24, 2.45) is 0 Å². The number of anilines is 1. The Bertz CT molecular complexity index is 1630. The minimum absolute atomic E-state index is 0.0767. The fourth-order valence-electron chi connectivity index (χ4n) is 4.32. The van der Waals surface area contributed by atoms with E-state index < -0.39 is 23.2 Å². The molecule has 40 heavy (non-hydrogen) atoms. The van der Waals surface area contributed by atoms with Crippen LogP contribution in [0.5, 0.6) is 11.5 Å². The summed E-state index contributed by atoms with van der Waals surface area (Å²) in [7, 11) is 0. The summed E-state index contributed by atoms with van der Waals surface area (Å²) in [6.07, 6.45) is 2.76. The van der Waals surface area contributed by atoms with Crippen molar-refractivity contribution in [3.63, 3.8) is 0 Å². The maximum atomic E-state index is 13.7. The number of nitrogens with zero attached hydrogens (tertiary/aromatic N) is 5. The van der Waals surface area contributed by atoms with E-state index >= 15 is 0 Å². The van der Waals surface area contributed by atoms with Gasteiger partial charge in [0.15, 0.2) is 11.5 Å². The fraction of sp³-hybridized carbons (Fsp3) is 0.276. The summed E-state index contributed by atoms with van der Waals surface area (Å²) in [6.45, 7) is 7.61. The first-order chi connectivity index (χ1) is 19.1. The molecule has 0 spiro atoms. The highest BCUT2D eigenvalue weighted by Gasteiger charge is 2.23. The SMILES string of the molecule is CCOC(C)(C)C=C(C#N)C(=O)N[C@@H](C)Cn1c(=O)n(-c2ccc(Oc3ccccc3)cc2)c2c(N)ncnc21.